The van der Waals surface area contributed by atoms with Crippen molar-refractivity contribution >= 4 is 15.9 Å². The first-order valence-corrected chi connectivity index (χ1v) is 8.65. The molecule has 0 saturated heterocycles. The zero-order chi connectivity index (χ0) is 13.8. The van der Waals surface area contributed by atoms with Crippen LogP contribution in [-0.4, -0.2) is 16.2 Å². The molecule has 1 aromatic carbocycles. The summed E-state index contributed by atoms with van der Waals surface area (Å²) in [5.74, 6) is 1.56. The van der Waals surface area contributed by atoms with Gasteiger partial charge in [-0.05, 0) is 43.2 Å². The first-order chi connectivity index (χ1) is 9.54. The number of aliphatic hydroxyl groups is 1. The molecule has 0 spiro atoms. The van der Waals surface area contributed by atoms with Crippen LogP contribution in [0.2, 0.25) is 0 Å². The Morgan fingerprint density at radius 2 is 1.71 bits per heavy atom. The normalized spacial score (nSPS) is 40.1. The van der Waals surface area contributed by atoms with Crippen molar-refractivity contribution in [2.75, 3.05) is 0 Å². The number of benzene rings is 1. The van der Waals surface area contributed by atoms with Crippen LogP contribution in [0.3, 0.4) is 0 Å². The van der Waals surface area contributed by atoms with Gasteiger partial charge in [-0.15, -0.1) is 0 Å². The number of nitrogens with two attached hydrogens (primary N) is 1. The van der Waals surface area contributed by atoms with Gasteiger partial charge in [-0.1, -0.05) is 28.1 Å². The zero-order valence-electron chi connectivity index (χ0n) is 12.2. The molecule has 2 unspecified atom stereocenters. The monoisotopic (exact) mass is 371 g/mol. The summed E-state index contributed by atoms with van der Waals surface area (Å²) in [6, 6.07) is 8.65. The molecule has 2 nitrogen and oxygen atoms in total. The summed E-state index contributed by atoms with van der Waals surface area (Å²) < 4.78 is 1.14. The molecule has 21 heavy (non-hydrogen) atoms. The maximum Gasteiger partial charge on any atom is 0.102 e. The van der Waals surface area contributed by atoms with Crippen LogP contribution < -0.4 is 17.7 Å². The van der Waals surface area contributed by atoms with Crippen LogP contribution in [0.25, 0.3) is 0 Å². The number of halogens is 2. The number of rotatable bonds is 3. The summed E-state index contributed by atoms with van der Waals surface area (Å²) in [4.78, 5) is 0. The third-order valence-electron chi connectivity index (χ3n) is 5.76. The average Bonchev–Trinajstić information content (AvgIpc) is 2.35. The van der Waals surface area contributed by atoms with Gasteiger partial charge in [0.15, 0.2) is 0 Å². The summed E-state index contributed by atoms with van der Waals surface area (Å²) >= 11 is 3.49. The second kappa shape index (κ2) is 5.52. The highest BCUT2D eigenvalue weighted by Crippen LogP contribution is 2.56. The van der Waals surface area contributed by atoms with E-state index in [1.807, 2.05) is 0 Å². The van der Waals surface area contributed by atoms with Crippen LogP contribution in [0.5, 0.6) is 0 Å². The van der Waals surface area contributed by atoms with Gasteiger partial charge in [-0.3, -0.25) is 0 Å². The fourth-order valence-corrected chi connectivity index (χ4v) is 5.74. The Balaban J connectivity index is 0.00000132. The van der Waals surface area contributed by atoms with E-state index in [2.05, 4.69) is 45.5 Å². The topological polar surface area (TPSA) is 36.8 Å². The lowest BCUT2D eigenvalue weighted by Crippen LogP contribution is -3.00. The molecule has 0 aliphatic heterocycles. The Kier molecular flexibility index (Phi) is 4.15. The third kappa shape index (κ3) is 3.03. The van der Waals surface area contributed by atoms with Gasteiger partial charge in [0.05, 0.1) is 11.1 Å². The third-order valence-corrected chi connectivity index (χ3v) is 6.29. The van der Waals surface area contributed by atoms with E-state index in [0.29, 0.717) is 5.54 Å². The lowest BCUT2D eigenvalue weighted by molar-refractivity contribution is -0.754. The summed E-state index contributed by atoms with van der Waals surface area (Å²) in [6.45, 7) is 1.04. The lowest BCUT2D eigenvalue weighted by atomic mass is 9.51. The van der Waals surface area contributed by atoms with Gasteiger partial charge in [-0.25, -0.2) is 0 Å². The van der Waals surface area contributed by atoms with E-state index >= 15 is 0 Å². The molecular formula is C17H23BrClNO. The van der Waals surface area contributed by atoms with E-state index in [1.165, 1.54) is 24.8 Å². The van der Waals surface area contributed by atoms with E-state index in [-0.39, 0.29) is 18.0 Å². The van der Waals surface area contributed by atoms with Crippen molar-refractivity contribution in [2.45, 2.75) is 56.2 Å². The van der Waals surface area contributed by atoms with Crippen LogP contribution in [0.1, 0.15) is 44.1 Å². The minimum atomic E-state index is -0.333. The van der Waals surface area contributed by atoms with Crippen molar-refractivity contribution in [1.29, 1.82) is 0 Å². The van der Waals surface area contributed by atoms with Crippen LogP contribution in [0, 0.1) is 11.8 Å². The van der Waals surface area contributed by atoms with Crippen molar-refractivity contribution in [3.8, 4) is 0 Å². The van der Waals surface area contributed by atoms with Gasteiger partial charge >= 0.3 is 0 Å². The van der Waals surface area contributed by atoms with Crippen molar-refractivity contribution in [2.24, 2.45) is 11.8 Å². The largest absolute Gasteiger partial charge is 1.00 e. The smallest absolute Gasteiger partial charge is 0.102 e. The molecule has 4 aliphatic carbocycles. The average molecular weight is 373 g/mol. The fraction of sp³-hybridized carbons (Fsp3) is 0.647. The molecule has 1 aromatic rings. The molecule has 3 N–H and O–H groups in total. The summed E-state index contributed by atoms with van der Waals surface area (Å²) in [6.07, 6.45) is 7.17. The number of hydrogen-bond acceptors (Lipinski definition) is 1. The molecule has 4 aliphatic rings. The predicted molar refractivity (Wildman–Crippen MR) is 82.1 cm³/mol. The first kappa shape index (κ1) is 15.8. The Bertz CT molecular complexity index is 504. The molecule has 4 saturated carbocycles. The molecule has 0 heterocycles. The van der Waals surface area contributed by atoms with Crippen molar-refractivity contribution in [3.63, 3.8) is 0 Å². The second-order valence-electron chi connectivity index (χ2n) is 7.58. The van der Waals surface area contributed by atoms with Crippen LogP contribution >= 0.6 is 15.9 Å². The van der Waals surface area contributed by atoms with Crippen LogP contribution in [-0.2, 0) is 6.54 Å². The SMILES string of the molecule is OC12CC3CC(C1)CC([NH2+]Cc1ccc(Br)cc1)(C3)C2.[Cl-]. The zero-order valence-corrected chi connectivity index (χ0v) is 14.5. The Morgan fingerprint density at radius 3 is 2.29 bits per heavy atom. The van der Waals surface area contributed by atoms with Gasteiger partial charge in [0.25, 0.3) is 0 Å². The van der Waals surface area contributed by atoms with Crippen LogP contribution in [0.15, 0.2) is 28.7 Å². The molecule has 2 atom stereocenters. The maximum atomic E-state index is 10.8. The number of quaternary nitrogens is 1. The Labute approximate surface area is 141 Å². The van der Waals surface area contributed by atoms with Crippen LogP contribution in [0.4, 0.5) is 0 Å². The van der Waals surface area contributed by atoms with Gasteiger partial charge in [0.1, 0.15) is 6.54 Å². The molecular weight excluding hydrogens is 350 g/mol. The van der Waals surface area contributed by atoms with Crippen molar-refractivity contribution in [1.82, 2.24) is 0 Å². The Hall–Kier alpha value is -0.0900. The molecule has 4 heteroatoms. The van der Waals surface area contributed by atoms with E-state index in [9.17, 15) is 5.11 Å². The van der Waals surface area contributed by atoms with E-state index < -0.39 is 0 Å². The molecule has 116 valence electrons. The Morgan fingerprint density at radius 1 is 1.10 bits per heavy atom. The van der Waals surface area contributed by atoms with Crippen molar-refractivity contribution in [3.05, 3.63) is 34.3 Å². The minimum absolute atomic E-state index is 0. The minimum Gasteiger partial charge on any atom is -1.00 e. The quantitative estimate of drug-likeness (QED) is 0.744. The molecule has 0 amide bonds. The van der Waals surface area contributed by atoms with Gasteiger partial charge < -0.3 is 22.8 Å². The maximum absolute atomic E-state index is 10.8. The first-order valence-electron chi connectivity index (χ1n) is 7.86. The highest BCUT2D eigenvalue weighted by molar-refractivity contribution is 9.10. The van der Waals surface area contributed by atoms with E-state index in [0.717, 1.165) is 42.1 Å². The standard InChI is InChI=1S/C17H22BrNO.ClH/c18-15-3-1-12(2-4-15)10-19-16-6-13-5-14(7-16)9-17(20,8-13)11-16;/h1-4,13-14,19-20H,5-11H2;1H. The van der Waals surface area contributed by atoms with Crippen molar-refractivity contribution < 1.29 is 22.8 Å². The number of hydrogen-bond donors (Lipinski definition) is 2. The highest BCUT2D eigenvalue weighted by Gasteiger charge is 2.59. The van der Waals surface area contributed by atoms with Gasteiger partial charge in [-0.2, -0.15) is 0 Å². The summed E-state index contributed by atoms with van der Waals surface area (Å²) in [5, 5.41) is 13.3. The molecule has 0 aromatic heterocycles. The summed E-state index contributed by atoms with van der Waals surface area (Å²) in [5.41, 5.74) is 1.38. The second-order valence-corrected chi connectivity index (χ2v) is 8.50. The fourth-order valence-electron chi connectivity index (χ4n) is 5.48. The molecule has 5 rings (SSSR count). The van der Waals surface area contributed by atoms with E-state index in [4.69, 9.17) is 0 Å². The molecule has 0 radical (unpaired) electrons. The predicted octanol–water partition coefficient (Wildman–Crippen LogP) is -0.400. The molecule has 4 bridgehead atoms. The summed E-state index contributed by atoms with van der Waals surface area (Å²) in [7, 11) is 0. The van der Waals surface area contributed by atoms with Gasteiger partial charge in [0.2, 0.25) is 0 Å². The lowest BCUT2D eigenvalue weighted by Gasteiger charge is -2.58. The van der Waals surface area contributed by atoms with E-state index in [1.54, 1.807) is 0 Å². The van der Waals surface area contributed by atoms with Gasteiger partial charge in [0, 0.05) is 29.3 Å². The highest BCUT2D eigenvalue weighted by atomic mass is 79.9. The molecule has 4 fully saturated rings.